The second-order valence-corrected chi connectivity index (χ2v) is 5.35. The normalized spacial score (nSPS) is 22.2. The van der Waals surface area contributed by atoms with Crippen LogP contribution in [-0.4, -0.2) is 22.8 Å². The van der Waals surface area contributed by atoms with Crippen molar-refractivity contribution >= 4 is 15.9 Å². The fraction of sp³-hybridized carbons (Fsp3) is 0.571. The molecule has 1 fully saturated rings. The van der Waals surface area contributed by atoms with E-state index in [0.717, 1.165) is 17.9 Å². The molecule has 2 rings (SSSR count). The van der Waals surface area contributed by atoms with Crippen LogP contribution in [0.3, 0.4) is 0 Å². The Morgan fingerprint density at radius 2 is 2.12 bits per heavy atom. The smallest absolute Gasteiger partial charge is 0.0239 e. The highest BCUT2D eigenvalue weighted by molar-refractivity contribution is 9.09. The quantitative estimate of drug-likeness (QED) is 0.763. The zero-order valence-electron chi connectivity index (χ0n) is 9.95. The third kappa shape index (κ3) is 2.86. The van der Waals surface area contributed by atoms with Gasteiger partial charge in [0.15, 0.2) is 0 Å². The number of nitrogens with zero attached hydrogens (tertiary/aromatic N) is 1. The number of halogens is 1. The van der Waals surface area contributed by atoms with Crippen LogP contribution >= 0.6 is 15.9 Å². The van der Waals surface area contributed by atoms with Crippen molar-refractivity contribution in [2.24, 2.45) is 0 Å². The molecule has 16 heavy (non-hydrogen) atoms. The predicted molar refractivity (Wildman–Crippen MR) is 73.0 cm³/mol. The summed E-state index contributed by atoms with van der Waals surface area (Å²) >= 11 is 3.64. The Hall–Kier alpha value is -0.340. The minimum atomic E-state index is 0.730. The second-order valence-electron chi connectivity index (χ2n) is 4.70. The molecule has 1 atom stereocenters. The van der Waals surface area contributed by atoms with Crippen molar-refractivity contribution < 1.29 is 0 Å². The second kappa shape index (κ2) is 5.83. The molecule has 1 aliphatic rings. The molecule has 0 aliphatic carbocycles. The van der Waals surface area contributed by atoms with E-state index in [4.69, 9.17) is 0 Å². The maximum atomic E-state index is 3.64. The summed E-state index contributed by atoms with van der Waals surface area (Å²) in [5.41, 5.74) is 2.90. The van der Waals surface area contributed by atoms with Crippen LogP contribution in [0, 0.1) is 6.92 Å². The molecule has 1 heterocycles. The monoisotopic (exact) mass is 281 g/mol. The summed E-state index contributed by atoms with van der Waals surface area (Å²) in [5.74, 6) is 0. The molecule has 1 saturated heterocycles. The van der Waals surface area contributed by atoms with E-state index in [0.29, 0.717) is 0 Å². The van der Waals surface area contributed by atoms with Gasteiger partial charge >= 0.3 is 0 Å². The molecular formula is C14H20BrN. The lowest BCUT2D eigenvalue weighted by molar-refractivity contribution is 0.156. The van der Waals surface area contributed by atoms with Gasteiger partial charge in [-0.25, -0.2) is 0 Å². The van der Waals surface area contributed by atoms with E-state index in [1.165, 1.54) is 36.9 Å². The van der Waals surface area contributed by atoms with Crippen LogP contribution in [-0.2, 0) is 6.54 Å². The lowest BCUT2D eigenvalue weighted by atomic mass is 10.0. The molecule has 1 aliphatic heterocycles. The molecule has 1 aromatic carbocycles. The number of hydrogen-bond acceptors (Lipinski definition) is 1. The van der Waals surface area contributed by atoms with Crippen LogP contribution in [0.25, 0.3) is 0 Å². The lowest BCUT2D eigenvalue weighted by Gasteiger charge is -2.35. The SMILES string of the molecule is Cc1ccccc1CN1CCCCC1CBr. The van der Waals surface area contributed by atoms with Crippen molar-refractivity contribution in [3.8, 4) is 0 Å². The molecule has 0 N–H and O–H groups in total. The van der Waals surface area contributed by atoms with Crippen LogP contribution < -0.4 is 0 Å². The number of likely N-dealkylation sites (tertiary alicyclic amines) is 1. The van der Waals surface area contributed by atoms with Crippen molar-refractivity contribution in [3.63, 3.8) is 0 Å². The fourth-order valence-electron chi connectivity index (χ4n) is 2.45. The average molecular weight is 282 g/mol. The molecule has 1 unspecified atom stereocenters. The average Bonchev–Trinajstić information content (AvgIpc) is 2.33. The molecule has 2 heteroatoms. The van der Waals surface area contributed by atoms with Gasteiger partial charge in [-0.05, 0) is 37.4 Å². The van der Waals surface area contributed by atoms with Gasteiger partial charge in [0, 0.05) is 17.9 Å². The fourth-order valence-corrected chi connectivity index (χ4v) is 3.18. The van der Waals surface area contributed by atoms with Gasteiger partial charge in [0.05, 0.1) is 0 Å². The Bertz CT molecular complexity index is 337. The van der Waals surface area contributed by atoms with E-state index >= 15 is 0 Å². The molecule has 0 spiro atoms. The summed E-state index contributed by atoms with van der Waals surface area (Å²) in [6.45, 7) is 4.58. The van der Waals surface area contributed by atoms with E-state index in [9.17, 15) is 0 Å². The molecule has 0 saturated carbocycles. The number of aryl methyl sites for hydroxylation is 1. The van der Waals surface area contributed by atoms with E-state index in [1.54, 1.807) is 0 Å². The number of alkyl halides is 1. The largest absolute Gasteiger partial charge is 0.295 e. The minimum Gasteiger partial charge on any atom is -0.295 e. The van der Waals surface area contributed by atoms with Gasteiger partial charge in [-0.3, -0.25) is 4.90 Å². The molecule has 0 amide bonds. The highest BCUT2D eigenvalue weighted by atomic mass is 79.9. The topological polar surface area (TPSA) is 3.24 Å². The van der Waals surface area contributed by atoms with E-state index in [-0.39, 0.29) is 0 Å². The summed E-state index contributed by atoms with van der Waals surface area (Å²) < 4.78 is 0. The zero-order valence-corrected chi connectivity index (χ0v) is 11.5. The van der Waals surface area contributed by atoms with Crippen LogP contribution in [0.15, 0.2) is 24.3 Å². The Morgan fingerprint density at radius 3 is 2.88 bits per heavy atom. The summed E-state index contributed by atoms with van der Waals surface area (Å²) in [7, 11) is 0. The Kier molecular flexibility index (Phi) is 4.42. The van der Waals surface area contributed by atoms with Crippen molar-refractivity contribution in [2.75, 3.05) is 11.9 Å². The highest BCUT2D eigenvalue weighted by Gasteiger charge is 2.21. The van der Waals surface area contributed by atoms with Gasteiger partial charge in [-0.15, -0.1) is 0 Å². The van der Waals surface area contributed by atoms with Crippen LogP contribution in [0.1, 0.15) is 30.4 Å². The first-order valence-corrected chi connectivity index (χ1v) is 7.28. The first-order valence-electron chi connectivity index (χ1n) is 6.16. The number of piperidine rings is 1. The third-order valence-corrected chi connectivity index (χ3v) is 4.31. The molecule has 0 radical (unpaired) electrons. The van der Waals surface area contributed by atoms with Crippen LogP contribution in [0.2, 0.25) is 0 Å². The summed E-state index contributed by atoms with van der Waals surface area (Å²) in [5, 5.41) is 1.11. The first-order chi connectivity index (χ1) is 7.81. The maximum Gasteiger partial charge on any atom is 0.0239 e. The molecule has 88 valence electrons. The zero-order chi connectivity index (χ0) is 11.4. The Balaban J connectivity index is 2.05. The van der Waals surface area contributed by atoms with Crippen molar-refractivity contribution in [1.29, 1.82) is 0 Å². The minimum absolute atomic E-state index is 0.730. The standard InChI is InChI=1S/C14H20BrN/c1-12-6-2-3-7-13(12)11-16-9-5-4-8-14(16)10-15/h2-3,6-7,14H,4-5,8-11H2,1H3. The predicted octanol–water partition coefficient (Wildman–Crippen LogP) is 3.74. The Morgan fingerprint density at radius 1 is 1.31 bits per heavy atom. The first kappa shape index (κ1) is 12.1. The van der Waals surface area contributed by atoms with E-state index < -0.39 is 0 Å². The maximum absolute atomic E-state index is 3.64. The molecule has 1 aromatic rings. The van der Waals surface area contributed by atoms with Crippen molar-refractivity contribution in [3.05, 3.63) is 35.4 Å². The summed E-state index contributed by atoms with van der Waals surface area (Å²) in [6.07, 6.45) is 4.09. The summed E-state index contributed by atoms with van der Waals surface area (Å²) in [6, 6.07) is 9.47. The van der Waals surface area contributed by atoms with Gasteiger partial charge in [0.2, 0.25) is 0 Å². The number of benzene rings is 1. The van der Waals surface area contributed by atoms with E-state index in [1.807, 2.05) is 0 Å². The van der Waals surface area contributed by atoms with Crippen molar-refractivity contribution in [2.45, 2.75) is 38.8 Å². The van der Waals surface area contributed by atoms with Crippen LogP contribution in [0.4, 0.5) is 0 Å². The molecule has 0 bridgehead atoms. The van der Waals surface area contributed by atoms with Gasteiger partial charge in [-0.1, -0.05) is 46.6 Å². The Labute approximate surface area is 107 Å². The molecule has 0 aromatic heterocycles. The summed E-state index contributed by atoms with van der Waals surface area (Å²) in [4.78, 5) is 2.63. The number of rotatable bonds is 3. The number of hydrogen-bond donors (Lipinski definition) is 0. The lowest BCUT2D eigenvalue weighted by Crippen LogP contribution is -2.40. The van der Waals surface area contributed by atoms with Gasteiger partial charge in [-0.2, -0.15) is 0 Å². The van der Waals surface area contributed by atoms with E-state index in [2.05, 4.69) is 52.0 Å². The molecule has 1 nitrogen and oxygen atoms in total. The van der Waals surface area contributed by atoms with Crippen molar-refractivity contribution in [1.82, 2.24) is 4.90 Å². The third-order valence-electron chi connectivity index (χ3n) is 3.56. The van der Waals surface area contributed by atoms with Gasteiger partial charge < -0.3 is 0 Å². The molecular weight excluding hydrogens is 262 g/mol. The van der Waals surface area contributed by atoms with Crippen LogP contribution in [0.5, 0.6) is 0 Å². The van der Waals surface area contributed by atoms with Gasteiger partial charge in [0.1, 0.15) is 0 Å². The highest BCUT2D eigenvalue weighted by Crippen LogP contribution is 2.22. The van der Waals surface area contributed by atoms with Gasteiger partial charge in [0.25, 0.3) is 0 Å².